The van der Waals surface area contributed by atoms with Crippen molar-refractivity contribution >= 4 is 11.9 Å². The van der Waals surface area contributed by atoms with Gasteiger partial charge in [-0.2, -0.15) is 0 Å². The van der Waals surface area contributed by atoms with Gasteiger partial charge in [-0.3, -0.25) is 0 Å². The zero-order valence-corrected chi connectivity index (χ0v) is 11.8. The monoisotopic (exact) mass is 298 g/mol. The molecule has 2 heterocycles. The van der Waals surface area contributed by atoms with E-state index in [2.05, 4.69) is 9.15 Å². The van der Waals surface area contributed by atoms with E-state index in [9.17, 15) is 9.59 Å². The molecule has 0 amide bonds. The summed E-state index contributed by atoms with van der Waals surface area (Å²) in [6, 6.07) is 6.13. The number of carboxylic acid groups (broad SMARTS) is 1. The van der Waals surface area contributed by atoms with Crippen LogP contribution in [-0.2, 0) is 4.74 Å². The lowest BCUT2D eigenvalue weighted by molar-refractivity contribution is 0.0489. The fourth-order valence-electron chi connectivity index (χ4n) is 0.997. The van der Waals surface area contributed by atoms with Gasteiger partial charge in [-0.15, -0.1) is 0 Å². The molecule has 7 heteroatoms. The van der Waals surface area contributed by atoms with Gasteiger partial charge in [0.05, 0.1) is 19.1 Å². The second kappa shape index (κ2) is 11.3. The number of carbonyl (C=O) groups is 2. The third-order valence-corrected chi connectivity index (χ3v) is 1.73. The number of carbonyl (C=O) groups excluding carboxylic acids is 1. The fraction of sp³-hybridized carbons (Fsp3) is 0.286. The number of aliphatic hydroxyl groups excluding tert-OH is 1. The Hall–Kier alpha value is -2.54. The zero-order chi connectivity index (χ0) is 16.1. The van der Waals surface area contributed by atoms with Gasteiger partial charge in [0.15, 0.2) is 0 Å². The highest BCUT2D eigenvalue weighted by Gasteiger charge is 2.07. The number of hydrogen-bond donors (Lipinski definition) is 2. The summed E-state index contributed by atoms with van der Waals surface area (Å²) in [7, 11) is 0. The van der Waals surface area contributed by atoms with Crippen LogP contribution in [0.5, 0.6) is 0 Å². The summed E-state index contributed by atoms with van der Waals surface area (Å²) in [6.45, 7) is 4.06. The smallest absolute Gasteiger partial charge is 0.374 e. The number of hydrogen-bond acceptors (Lipinski definition) is 6. The summed E-state index contributed by atoms with van der Waals surface area (Å²) in [6.07, 6.45) is 2.76. The van der Waals surface area contributed by atoms with Gasteiger partial charge < -0.3 is 23.8 Å². The SMILES string of the molecule is CCO.CCOC(=O)c1ccco1.O=C(O)c1ccco1. The van der Waals surface area contributed by atoms with Gasteiger partial charge in [0.2, 0.25) is 11.5 Å². The average Bonchev–Trinajstić information content (AvgIpc) is 3.14. The van der Waals surface area contributed by atoms with Crippen molar-refractivity contribution in [2.75, 3.05) is 13.2 Å². The molecular formula is C14H18O7. The molecule has 116 valence electrons. The van der Waals surface area contributed by atoms with Crippen molar-refractivity contribution in [1.29, 1.82) is 0 Å². The second-order valence-corrected chi connectivity index (χ2v) is 3.30. The molecule has 0 saturated heterocycles. The van der Waals surface area contributed by atoms with E-state index in [-0.39, 0.29) is 18.1 Å². The van der Waals surface area contributed by atoms with Crippen LogP contribution in [-0.4, -0.2) is 35.4 Å². The van der Waals surface area contributed by atoms with Crippen LogP contribution in [0.4, 0.5) is 0 Å². The maximum atomic E-state index is 10.8. The van der Waals surface area contributed by atoms with E-state index in [1.54, 1.807) is 26.0 Å². The van der Waals surface area contributed by atoms with Crippen molar-refractivity contribution in [3.05, 3.63) is 48.3 Å². The third kappa shape index (κ3) is 8.27. The Labute approximate surface area is 121 Å². The second-order valence-electron chi connectivity index (χ2n) is 3.30. The summed E-state index contributed by atoms with van der Waals surface area (Å²) in [5.41, 5.74) is 0. The molecule has 2 aromatic rings. The molecule has 0 fully saturated rings. The maximum absolute atomic E-state index is 10.8. The summed E-state index contributed by atoms with van der Waals surface area (Å²) in [5, 5.41) is 15.7. The molecule has 0 saturated carbocycles. The van der Waals surface area contributed by atoms with E-state index in [1.165, 1.54) is 24.7 Å². The lowest BCUT2D eigenvalue weighted by atomic mass is 10.5. The van der Waals surface area contributed by atoms with Gasteiger partial charge in [0.1, 0.15) is 0 Å². The van der Waals surface area contributed by atoms with Crippen LogP contribution >= 0.6 is 0 Å². The maximum Gasteiger partial charge on any atom is 0.374 e. The molecule has 0 atom stereocenters. The highest BCUT2D eigenvalue weighted by molar-refractivity contribution is 5.86. The van der Waals surface area contributed by atoms with Crippen molar-refractivity contribution in [1.82, 2.24) is 0 Å². The minimum absolute atomic E-state index is 0.0231. The molecule has 2 N–H and O–H groups in total. The largest absolute Gasteiger partial charge is 0.475 e. The van der Waals surface area contributed by atoms with Crippen molar-refractivity contribution in [3.63, 3.8) is 0 Å². The highest BCUT2D eigenvalue weighted by atomic mass is 16.5. The number of rotatable bonds is 3. The number of esters is 1. The normalized spacial score (nSPS) is 8.71. The Kier molecular flexibility index (Phi) is 9.93. The van der Waals surface area contributed by atoms with Gasteiger partial charge >= 0.3 is 11.9 Å². The number of carboxylic acids is 1. The average molecular weight is 298 g/mol. The fourth-order valence-corrected chi connectivity index (χ4v) is 0.997. The summed E-state index contributed by atoms with van der Waals surface area (Å²) < 4.78 is 13.9. The Morgan fingerprint density at radius 3 is 1.86 bits per heavy atom. The van der Waals surface area contributed by atoms with E-state index in [1.807, 2.05) is 0 Å². The molecule has 0 aliphatic heterocycles. The molecule has 2 aromatic heterocycles. The van der Waals surface area contributed by atoms with Gasteiger partial charge in [-0.05, 0) is 38.1 Å². The minimum atomic E-state index is -1.03. The molecular weight excluding hydrogens is 280 g/mol. The first-order valence-corrected chi connectivity index (χ1v) is 6.15. The first kappa shape index (κ1) is 18.5. The third-order valence-electron chi connectivity index (χ3n) is 1.73. The van der Waals surface area contributed by atoms with Crippen molar-refractivity contribution in [2.24, 2.45) is 0 Å². The van der Waals surface area contributed by atoms with Gasteiger partial charge in [0, 0.05) is 6.61 Å². The van der Waals surface area contributed by atoms with Crippen molar-refractivity contribution < 1.29 is 33.4 Å². The molecule has 0 aromatic carbocycles. The Morgan fingerprint density at radius 1 is 1.10 bits per heavy atom. The summed E-state index contributed by atoms with van der Waals surface area (Å²) >= 11 is 0. The Balaban J connectivity index is 0.000000327. The molecule has 2 rings (SSSR count). The van der Waals surface area contributed by atoms with E-state index < -0.39 is 11.9 Å². The Morgan fingerprint density at radius 2 is 1.57 bits per heavy atom. The number of aliphatic hydroxyl groups is 1. The van der Waals surface area contributed by atoms with Crippen LogP contribution < -0.4 is 0 Å². The van der Waals surface area contributed by atoms with E-state index in [4.69, 9.17) is 14.6 Å². The predicted molar refractivity (Wildman–Crippen MR) is 73.1 cm³/mol. The van der Waals surface area contributed by atoms with Gasteiger partial charge in [-0.1, -0.05) is 0 Å². The van der Waals surface area contributed by atoms with Crippen LogP contribution in [0.15, 0.2) is 45.6 Å². The molecule has 0 unspecified atom stereocenters. The van der Waals surface area contributed by atoms with Crippen LogP contribution in [0.3, 0.4) is 0 Å². The van der Waals surface area contributed by atoms with Crippen LogP contribution in [0.1, 0.15) is 35.0 Å². The standard InChI is InChI=1S/C7H8O3.C5H4O3.C2H6O/c1-2-9-7(8)6-4-3-5-10-6;6-5(7)4-2-1-3-8-4;1-2-3/h3-5H,2H2,1H3;1-3H,(H,6,7);3H,2H2,1H3. The Bertz CT molecular complexity index is 485. The molecule has 0 spiro atoms. The topological polar surface area (TPSA) is 110 Å². The van der Waals surface area contributed by atoms with Crippen molar-refractivity contribution in [2.45, 2.75) is 13.8 Å². The minimum Gasteiger partial charge on any atom is -0.475 e. The highest BCUT2D eigenvalue weighted by Crippen LogP contribution is 2.01. The number of ether oxygens (including phenoxy) is 1. The van der Waals surface area contributed by atoms with E-state index in [0.29, 0.717) is 6.61 Å². The van der Waals surface area contributed by atoms with Crippen LogP contribution in [0.2, 0.25) is 0 Å². The van der Waals surface area contributed by atoms with Crippen LogP contribution in [0.25, 0.3) is 0 Å². The quantitative estimate of drug-likeness (QED) is 0.837. The molecule has 7 nitrogen and oxygen atoms in total. The van der Waals surface area contributed by atoms with Crippen LogP contribution in [0, 0.1) is 0 Å². The first-order valence-electron chi connectivity index (χ1n) is 6.15. The van der Waals surface area contributed by atoms with E-state index in [0.717, 1.165) is 0 Å². The number of aromatic carboxylic acids is 1. The van der Waals surface area contributed by atoms with E-state index >= 15 is 0 Å². The lowest BCUT2D eigenvalue weighted by Crippen LogP contribution is -2.02. The molecule has 0 aliphatic rings. The molecule has 0 radical (unpaired) electrons. The number of furan rings is 2. The zero-order valence-electron chi connectivity index (χ0n) is 11.8. The lowest BCUT2D eigenvalue weighted by Gasteiger charge is -1.95. The first-order chi connectivity index (χ1) is 10.1. The molecule has 0 aliphatic carbocycles. The van der Waals surface area contributed by atoms with Gasteiger partial charge in [0.25, 0.3) is 0 Å². The summed E-state index contributed by atoms with van der Waals surface area (Å²) in [5.74, 6) is -1.21. The van der Waals surface area contributed by atoms with Crippen molar-refractivity contribution in [3.8, 4) is 0 Å². The molecule has 0 bridgehead atoms. The summed E-state index contributed by atoms with van der Waals surface area (Å²) in [4.78, 5) is 20.8. The predicted octanol–water partition coefficient (Wildman–Crippen LogP) is 2.43. The van der Waals surface area contributed by atoms with Gasteiger partial charge in [-0.25, -0.2) is 9.59 Å². The molecule has 21 heavy (non-hydrogen) atoms.